The van der Waals surface area contributed by atoms with Crippen LogP contribution in [0.4, 0.5) is 0 Å². The van der Waals surface area contributed by atoms with E-state index in [1.807, 2.05) is 0 Å². The number of carbonyl (C=O) groups is 3. The molecule has 0 bridgehead atoms. The molecular weight excluding hydrogens is 376 g/mol. The van der Waals surface area contributed by atoms with E-state index in [1.54, 1.807) is 36.4 Å². The second kappa shape index (κ2) is 10.4. The van der Waals surface area contributed by atoms with Gasteiger partial charge >= 0.3 is 5.97 Å². The number of hydrogen-bond acceptors (Lipinski definition) is 4. The van der Waals surface area contributed by atoms with Gasteiger partial charge in [-0.25, -0.2) is 0 Å². The summed E-state index contributed by atoms with van der Waals surface area (Å²) in [5.74, 6) is -1.45. The predicted molar refractivity (Wildman–Crippen MR) is 94.4 cm³/mol. The van der Waals surface area contributed by atoms with Gasteiger partial charge in [0.25, 0.3) is 11.8 Å². The fraction of sp³-hybridized carbons (Fsp3) is 0.235. The summed E-state index contributed by atoms with van der Waals surface area (Å²) in [5.41, 5.74) is 0.421. The molecule has 6 nitrogen and oxygen atoms in total. The van der Waals surface area contributed by atoms with E-state index in [0.717, 1.165) is 4.47 Å². The summed E-state index contributed by atoms with van der Waals surface area (Å²) in [6, 6.07) is 6.69. The van der Waals surface area contributed by atoms with E-state index >= 15 is 0 Å². The molecule has 1 aromatic rings. The molecule has 1 aromatic carbocycles. The number of nitrogens with zero attached hydrogens (tertiary/aromatic N) is 1. The number of esters is 1. The van der Waals surface area contributed by atoms with Crippen molar-refractivity contribution in [2.75, 3.05) is 26.2 Å². The molecular formula is C17H19BrN2O4. The van der Waals surface area contributed by atoms with E-state index in [9.17, 15) is 14.4 Å². The maximum Gasteiger partial charge on any atom is 0.325 e. The van der Waals surface area contributed by atoms with Gasteiger partial charge in [-0.05, 0) is 24.3 Å². The van der Waals surface area contributed by atoms with Crippen LogP contribution >= 0.6 is 15.9 Å². The Labute approximate surface area is 149 Å². The number of rotatable bonds is 9. The molecule has 0 aliphatic carbocycles. The Morgan fingerprint density at radius 3 is 2.25 bits per heavy atom. The van der Waals surface area contributed by atoms with Crippen molar-refractivity contribution in [1.82, 2.24) is 10.2 Å². The highest BCUT2D eigenvalue weighted by Crippen LogP contribution is 2.10. The van der Waals surface area contributed by atoms with Crippen LogP contribution in [-0.2, 0) is 14.3 Å². The van der Waals surface area contributed by atoms with Gasteiger partial charge in [0.2, 0.25) is 0 Å². The second-order valence-electron chi connectivity index (χ2n) is 4.73. The molecule has 1 N–H and O–H groups in total. The molecule has 0 atom stereocenters. The lowest BCUT2D eigenvalue weighted by atomic mass is 10.2. The molecule has 0 aliphatic rings. The first kappa shape index (κ1) is 19.6. The standard InChI is InChI=1S/C17H19BrN2O4/c1-3-9-20(10-4-2)15(21)12-24-16(22)11-19-17(23)13-5-7-14(18)8-6-13/h3-8H,1-2,9-12H2,(H,19,23). The van der Waals surface area contributed by atoms with Crippen LogP contribution in [0.3, 0.4) is 0 Å². The number of nitrogens with one attached hydrogen (secondary N) is 1. The number of benzene rings is 1. The van der Waals surface area contributed by atoms with Crippen molar-refractivity contribution in [2.45, 2.75) is 0 Å². The minimum absolute atomic E-state index is 0.314. The molecule has 0 heterocycles. The number of hydrogen-bond donors (Lipinski definition) is 1. The van der Waals surface area contributed by atoms with Gasteiger partial charge in [-0.2, -0.15) is 0 Å². The van der Waals surface area contributed by atoms with Crippen molar-refractivity contribution in [3.05, 3.63) is 59.6 Å². The van der Waals surface area contributed by atoms with Crippen LogP contribution in [0.1, 0.15) is 10.4 Å². The first-order valence-electron chi connectivity index (χ1n) is 7.17. The summed E-state index contributed by atoms with van der Waals surface area (Å²) in [6.07, 6.45) is 3.14. The highest BCUT2D eigenvalue weighted by atomic mass is 79.9. The van der Waals surface area contributed by atoms with Gasteiger partial charge in [0, 0.05) is 23.1 Å². The van der Waals surface area contributed by atoms with E-state index < -0.39 is 18.5 Å². The third-order valence-corrected chi connectivity index (χ3v) is 3.44. The van der Waals surface area contributed by atoms with Crippen LogP contribution in [0.15, 0.2) is 54.0 Å². The number of carbonyl (C=O) groups excluding carboxylic acids is 3. The topological polar surface area (TPSA) is 75.7 Å². The fourth-order valence-electron chi connectivity index (χ4n) is 1.73. The van der Waals surface area contributed by atoms with Gasteiger partial charge in [-0.1, -0.05) is 28.1 Å². The number of amides is 2. The quantitative estimate of drug-likeness (QED) is 0.512. The van der Waals surface area contributed by atoms with Crippen LogP contribution in [0, 0.1) is 0 Å². The molecule has 7 heteroatoms. The predicted octanol–water partition coefficient (Wildman–Crippen LogP) is 1.92. The molecule has 0 saturated heterocycles. The molecule has 0 spiro atoms. The summed E-state index contributed by atoms with van der Waals surface area (Å²) in [4.78, 5) is 36.8. The molecule has 128 valence electrons. The van der Waals surface area contributed by atoms with Gasteiger partial charge in [-0.15, -0.1) is 13.2 Å². The van der Waals surface area contributed by atoms with Crippen molar-refractivity contribution in [3.63, 3.8) is 0 Å². The van der Waals surface area contributed by atoms with Gasteiger partial charge in [-0.3, -0.25) is 14.4 Å². The third-order valence-electron chi connectivity index (χ3n) is 2.91. The zero-order valence-electron chi connectivity index (χ0n) is 13.2. The Balaban J connectivity index is 2.39. The van der Waals surface area contributed by atoms with Crippen molar-refractivity contribution in [1.29, 1.82) is 0 Å². The first-order chi connectivity index (χ1) is 11.5. The Morgan fingerprint density at radius 1 is 1.12 bits per heavy atom. The number of halogens is 1. The molecule has 0 fully saturated rings. The average Bonchev–Trinajstić information content (AvgIpc) is 2.58. The molecule has 0 aliphatic heterocycles. The van der Waals surface area contributed by atoms with E-state index in [-0.39, 0.29) is 12.5 Å². The smallest absolute Gasteiger partial charge is 0.325 e. The Morgan fingerprint density at radius 2 is 1.71 bits per heavy atom. The van der Waals surface area contributed by atoms with Gasteiger partial charge < -0.3 is 15.0 Å². The van der Waals surface area contributed by atoms with Crippen LogP contribution < -0.4 is 5.32 Å². The molecule has 0 unspecified atom stereocenters. The van der Waals surface area contributed by atoms with Crippen LogP contribution in [0.2, 0.25) is 0 Å². The highest BCUT2D eigenvalue weighted by molar-refractivity contribution is 9.10. The van der Waals surface area contributed by atoms with Crippen LogP contribution in [0.25, 0.3) is 0 Å². The molecule has 24 heavy (non-hydrogen) atoms. The van der Waals surface area contributed by atoms with Crippen molar-refractivity contribution < 1.29 is 19.1 Å². The average molecular weight is 395 g/mol. The lowest BCUT2D eigenvalue weighted by Gasteiger charge is -2.18. The molecule has 2 amide bonds. The normalized spacial score (nSPS) is 9.71. The van der Waals surface area contributed by atoms with Gasteiger partial charge in [0.15, 0.2) is 6.61 Å². The van der Waals surface area contributed by atoms with Crippen LogP contribution in [0.5, 0.6) is 0 Å². The molecule has 0 saturated carbocycles. The Bertz CT molecular complexity index is 604. The van der Waals surface area contributed by atoms with E-state index in [1.165, 1.54) is 4.90 Å². The maximum absolute atomic E-state index is 11.9. The lowest BCUT2D eigenvalue weighted by molar-refractivity contribution is -0.150. The first-order valence-corrected chi connectivity index (χ1v) is 7.96. The largest absolute Gasteiger partial charge is 0.454 e. The summed E-state index contributed by atoms with van der Waals surface area (Å²) in [7, 11) is 0. The van der Waals surface area contributed by atoms with Crippen molar-refractivity contribution >= 4 is 33.7 Å². The van der Waals surface area contributed by atoms with Gasteiger partial charge in [0.05, 0.1) is 0 Å². The molecule has 0 radical (unpaired) electrons. The van der Waals surface area contributed by atoms with Crippen LogP contribution in [-0.4, -0.2) is 48.9 Å². The van der Waals surface area contributed by atoms with E-state index in [2.05, 4.69) is 34.4 Å². The highest BCUT2D eigenvalue weighted by Gasteiger charge is 2.14. The Hall–Kier alpha value is -2.41. The van der Waals surface area contributed by atoms with E-state index in [4.69, 9.17) is 4.74 Å². The summed E-state index contributed by atoms with van der Waals surface area (Å²) >= 11 is 3.27. The monoisotopic (exact) mass is 394 g/mol. The van der Waals surface area contributed by atoms with E-state index in [0.29, 0.717) is 18.7 Å². The zero-order valence-corrected chi connectivity index (χ0v) is 14.8. The SMILES string of the molecule is C=CCN(CC=C)C(=O)COC(=O)CNC(=O)c1ccc(Br)cc1. The fourth-order valence-corrected chi connectivity index (χ4v) is 1.99. The second-order valence-corrected chi connectivity index (χ2v) is 5.64. The summed E-state index contributed by atoms with van der Waals surface area (Å²) in [5, 5.41) is 2.44. The van der Waals surface area contributed by atoms with Crippen molar-refractivity contribution in [2.24, 2.45) is 0 Å². The molecule has 0 aromatic heterocycles. The van der Waals surface area contributed by atoms with Gasteiger partial charge in [0.1, 0.15) is 6.54 Å². The summed E-state index contributed by atoms with van der Waals surface area (Å²) < 4.78 is 5.71. The minimum Gasteiger partial charge on any atom is -0.454 e. The maximum atomic E-state index is 11.9. The summed E-state index contributed by atoms with van der Waals surface area (Å²) in [6.45, 7) is 7.08. The Kier molecular flexibility index (Phi) is 8.49. The molecule has 1 rings (SSSR count). The zero-order chi connectivity index (χ0) is 17.9. The van der Waals surface area contributed by atoms with Crippen molar-refractivity contribution in [3.8, 4) is 0 Å². The lowest BCUT2D eigenvalue weighted by Crippen LogP contribution is -2.37. The minimum atomic E-state index is -0.689. The third kappa shape index (κ3) is 6.78. The number of ether oxygens (including phenoxy) is 1.